The first kappa shape index (κ1) is 55.1. The third kappa shape index (κ3) is 7.75. The van der Waals surface area contributed by atoms with Crippen molar-refractivity contribution >= 4 is 131 Å². The molecule has 0 fully saturated rings. The van der Waals surface area contributed by atoms with E-state index in [9.17, 15) is 10.5 Å². The number of halogens is 3. The zero-order valence-electron chi connectivity index (χ0n) is 52.0. The summed E-state index contributed by atoms with van der Waals surface area (Å²) in [5.74, 6) is 0. The third-order valence-corrected chi connectivity index (χ3v) is 20.3. The highest BCUT2D eigenvalue weighted by Gasteiger charge is 2.38. The maximum absolute atomic E-state index is 16.8. The van der Waals surface area contributed by atoms with Gasteiger partial charge in [-0.2, -0.15) is 23.7 Å². The standard InChI is InChI=1S/C87H49F3N8/c88-87(89,90)70-27-17-18-53(51-92)85(70)86-83(97-79-46-54(93-71-28-9-1-19-58(71)59-20-2-10-29-72(59)93)36-40-66(79)67-41-37-55(47-80(67)97)94-73-30-11-3-21-60(73)61-22-4-12-31-74(61)94)44-52(50-91)45-84(86)98-81-48-56(95-75-32-13-5-23-62(75)63-24-6-14-33-76(63)95)38-42-68(81)69-43-39-57(49-82(69)98)96-77-34-15-7-25-64(77)65-26-8-16-35-78(65)96/h1-49H. The van der Waals surface area contributed by atoms with E-state index in [1.165, 1.54) is 12.1 Å². The summed E-state index contributed by atoms with van der Waals surface area (Å²) >= 11 is 0. The lowest BCUT2D eigenvalue weighted by Gasteiger charge is -2.24. The van der Waals surface area contributed by atoms with Crippen molar-refractivity contribution in [2.24, 2.45) is 0 Å². The molecular weight excluding hydrogens is 1210 g/mol. The fourth-order valence-corrected chi connectivity index (χ4v) is 16.3. The molecule has 0 atom stereocenters. The molecule has 0 aliphatic carbocycles. The van der Waals surface area contributed by atoms with Crippen molar-refractivity contribution in [1.29, 1.82) is 10.5 Å². The van der Waals surface area contributed by atoms with Gasteiger partial charge in [0.15, 0.2) is 0 Å². The maximum atomic E-state index is 16.8. The molecule has 0 spiro atoms. The maximum Gasteiger partial charge on any atom is 0.417 e. The Morgan fingerprint density at radius 1 is 0.235 bits per heavy atom. The van der Waals surface area contributed by atoms with Gasteiger partial charge in [0.25, 0.3) is 0 Å². The van der Waals surface area contributed by atoms with Crippen LogP contribution >= 0.6 is 0 Å². The van der Waals surface area contributed by atoms with Crippen LogP contribution in [0.5, 0.6) is 0 Å². The zero-order chi connectivity index (χ0) is 65.2. The number of nitriles is 2. The molecule has 0 saturated carbocycles. The highest BCUT2D eigenvalue weighted by atomic mass is 19.4. The SMILES string of the molecule is N#Cc1cc(-n2c3cc(-n4c5ccccc5c5ccccc54)ccc3c3ccc(-n4c5ccccc5c5ccccc54)cc32)c(-c2c(C#N)cccc2C(F)(F)F)c(-n2c3cc(-n4c5ccccc5c5ccccc54)ccc3c3ccc(-n4c5ccccc5c5ccccc54)cc32)c1. The van der Waals surface area contributed by atoms with Crippen molar-refractivity contribution in [3.8, 4) is 57.4 Å². The lowest BCUT2D eigenvalue weighted by Crippen LogP contribution is -2.12. The summed E-state index contributed by atoms with van der Waals surface area (Å²) < 4.78 is 63.5. The number of rotatable bonds is 7. The van der Waals surface area contributed by atoms with E-state index in [-0.39, 0.29) is 33.6 Å². The molecule has 20 rings (SSSR count). The average molecular weight is 1260 g/mol. The first-order valence-corrected chi connectivity index (χ1v) is 32.5. The topological polar surface area (TPSA) is 77.2 Å². The minimum atomic E-state index is -4.98. The smallest absolute Gasteiger partial charge is 0.309 e. The molecule has 458 valence electrons. The molecule has 0 unspecified atom stereocenters. The number of aromatic nitrogens is 6. The van der Waals surface area contributed by atoms with E-state index in [1.54, 1.807) is 12.1 Å². The number of nitrogens with zero attached hydrogens (tertiary/aromatic N) is 8. The van der Waals surface area contributed by atoms with E-state index in [4.69, 9.17) is 0 Å². The minimum absolute atomic E-state index is 0.0974. The molecule has 0 aliphatic rings. The van der Waals surface area contributed by atoms with Crippen LogP contribution in [0.3, 0.4) is 0 Å². The van der Waals surface area contributed by atoms with Gasteiger partial charge < -0.3 is 27.4 Å². The van der Waals surface area contributed by atoms with Crippen molar-refractivity contribution in [2.75, 3.05) is 0 Å². The quantitative estimate of drug-likeness (QED) is 0.159. The van der Waals surface area contributed by atoms with Gasteiger partial charge in [0.1, 0.15) is 0 Å². The summed E-state index contributed by atoms with van der Waals surface area (Å²) in [6.07, 6.45) is -4.98. The molecule has 98 heavy (non-hydrogen) atoms. The fraction of sp³-hybridized carbons (Fsp3) is 0.0115. The van der Waals surface area contributed by atoms with Crippen LogP contribution in [0.15, 0.2) is 297 Å². The molecule has 8 nitrogen and oxygen atoms in total. The fourth-order valence-electron chi connectivity index (χ4n) is 16.3. The Labute approximate surface area is 556 Å². The predicted molar refractivity (Wildman–Crippen MR) is 392 cm³/mol. The number of benzene rings is 14. The van der Waals surface area contributed by atoms with Gasteiger partial charge in [-0.3, -0.25) is 0 Å². The molecule has 0 aliphatic heterocycles. The van der Waals surface area contributed by atoms with E-state index in [1.807, 2.05) is 106 Å². The van der Waals surface area contributed by atoms with Gasteiger partial charge in [0, 0.05) is 98.5 Å². The van der Waals surface area contributed by atoms with Crippen molar-refractivity contribution < 1.29 is 13.2 Å². The Kier molecular flexibility index (Phi) is 11.6. The Morgan fingerprint density at radius 2 is 0.490 bits per heavy atom. The molecule has 0 saturated heterocycles. The average Bonchev–Trinajstić information content (AvgIpc) is 1.48. The van der Waals surface area contributed by atoms with Crippen LogP contribution in [0.4, 0.5) is 13.2 Å². The minimum Gasteiger partial charge on any atom is -0.309 e. The molecule has 6 aromatic heterocycles. The largest absolute Gasteiger partial charge is 0.417 e. The van der Waals surface area contributed by atoms with Crippen LogP contribution in [0.25, 0.3) is 176 Å². The molecule has 20 aromatic rings. The highest BCUT2D eigenvalue weighted by Crippen LogP contribution is 2.50. The summed E-state index contributed by atoms with van der Waals surface area (Å²) in [7, 11) is 0. The number of hydrogen-bond acceptors (Lipinski definition) is 2. The van der Waals surface area contributed by atoms with Crippen LogP contribution < -0.4 is 0 Å². The zero-order valence-corrected chi connectivity index (χ0v) is 52.0. The Hall–Kier alpha value is -13.4. The summed E-state index contributed by atoms with van der Waals surface area (Å²) in [6.45, 7) is 0. The number of fused-ring (bicyclic) bond motifs is 18. The summed E-state index contributed by atoms with van der Waals surface area (Å²) in [6, 6.07) is 104. The normalized spacial score (nSPS) is 12.2. The summed E-state index contributed by atoms with van der Waals surface area (Å²) in [5.41, 5.74) is 13.0. The Bertz CT molecular complexity index is 6040. The number of hydrogen-bond donors (Lipinski definition) is 0. The van der Waals surface area contributed by atoms with Crippen molar-refractivity contribution in [1.82, 2.24) is 27.4 Å². The molecule has 0 N–H and O–H groups in total. The van der Waals surface area contributed by atoms with Crippen LogP contribution in [0.2, 0.25) is 0 Å². The number of para-hydroxylation sites is 8. The molecule has 0 radical (unpaired) electrons. The van der Waals surface area contributed by atoms with Gasteiger partial charge >= 0.3 is 6.18 Å². The van der Waals surface area contributed by atoms with Gasteiger partial charge in [-0.25, -0.2) is 0 Å². The monoisotopic (exact) mass is 1260 g/mol. The van der Waals surface area contributed by atoms with Gasteiger partial charge in [-0.1, -0.05) is 176 Å². The second kappa shape index (κ2) is 20.6. The lowest BCUT2D eigenvalue weighted by atomic mass is 9.90. The van der Waals surface area contributed by atoms with Gasteiger partial charge in [0.05, 0.1) is 106 Å². The van der Waals surface area contributed by atoms with Crippen molar-refractivity contribution in [3.63, 3.8) is 0 Å². The van der Waals surface area contributed by atoms with E-state index >= 15 is 13.2 Å². The third-order valence-electron chi connectivity index (χ3n) is 20.3. The Morgan fingerprint density at radius 3 is 0.735 bits per heavy atom. The van der Waals surface area contributed by atoms with E-state index in [2.05, 4.69) is 200 Å². The molecule has 6 heterocycles. The van der Waals surface area contributed by atoms with Crippen LogP contribution in [0, 0.1) is 22.7 Å². The van der Waals surface area contributed by atoms with Crippen molar-refractivity contribution in [3.05, 3.63) is 314 Å². The summed E-state index contributed by atoms with van der Waals surface area (Å²) in [4.78, 5) is 0. The van der Waals surface area contributed by atoms with Crippen LogP contribution in [-0.2, 0) is 6.18 Å². The van der Waals surface area contributed by atoms with E-state index in [0.29, 0.717) is 22.1 Å². The second-order valence-corrected chi connectivity index (χ2v) is 25.3. The Balaban J connectivity index is 0.978. The van der Waals surface area contributed by atoms with Crippen LogP contribution in [0.1, 0.15) is 16.7 Å². The first-order chi connectivity index (χ1) is 48.2. The molecule has 11 heteroatoms. The van der Waals surface area contributed by atoms with Crippen LogP contribution in [-0.4, -0.2) is 27.4 Å². The first-order valence-electron chi connectivity index (χ1n) is 32.5. The molecular formula is C87H49F3N8. The number of alkyl halides is 3. The summed E-state index contributed by atoms with van der Waals surface area (Å²) in [5, 5.41) is 35.2. The van der Waals surface area contributed by atoms with Gasteiger partial charge in [0.2, 0.25) is 0 Å². The van der Waals surface area contributed by atoms with E-state index in [0.717, 1.165) is 138 Å². The van der Waals surface area contributed by atoms with Gasteiger partial charge in [-0.15, -0.1) is 0 Å². The molecule has 0 amide bonds. The highest BCUT2D eigenvalue weighted by molar-refractivity contribution is 6.17. The predicted octanol–water partition coefficient (Wildman–Crippen LogP) is 22.7. The molecule has 0 bridgehead atoms. The van der Waals surface area contributed by atoms with E-state index < -0.39 is 11.7 Å². The lowest BCUT2D eigenvalue weighted by molar-refractivity contribution is -0.137. The van der Waals surface area contributed by atoms with Crippen molar-refractivity contribution in [2.45, 2.75) is 6.18 Å². The van der Waals surface area contributed by atoms with Gasteiger partial charge in [-0.05, 0) is 121 Å². The second-order valence-electron chi connectivity index (χ2n) is 25.3. The molecule has 14 aromatic carbocycles.